The van der Waals surface area contributed by atoms with E-state index in [2.05, 4.69) is 69.7 Å². The molecule has 2 aromatic heterocycles. The van der Waals surface area contributed by atoms with Gasteiger partial charge < -0.3 is 19.2 Å². The summed E-state index contributed by atoms with van der Waals surface area (Å²) >= 11 is 0. The molecule has 1 aliphatic heterocycles. The molecule has 6 nitrogen and oxygen atoms in total. The molecule has 1 N–H and O–H groups in total. The summed E-state index contributed by atoms with van der Waals surface area (Å²) in [6.45, 7) is 7.58. The van der Waals surface area contributed by atoms with Crippen molar-refractivity contribution in [3.63, 3.8) is 0 Å². The molecule has 0 amide bonds. The van der Waals surface area contributed by atoms with Crippen LogP contribution >= 0.6 is 0 Å². The Hall–Kier alpha value is -3.82. The topological polar surface area (TPSA) is 69.9 Å². The molecule has 1 fully saturated rings. The molecule has 0 unspecified atom stereocenters. The van der Waals surface area contributed by atoms with Crippen LogP contribution in [0.4, 0.5) is 5.69 Å². The minimum Gasteiger partial charge on any atom is -0.378 e. The van der Waals surface area contributed by atoms with Crippen LogP contribution in [0.5, 0.6) is 0 Å². The van der Waals surface area contributed by atoms with E-state index in [0.29, 0.717) is 11.4 Å². The number of anilines is 1. The second-order valence-electron chi connectivity index (χ2n) is 8.05. The van der Waals surface area contributed by atoms with Crippen molar-refractivity contribution in [1.29, 1.82) is 5.26 Å². The average molecular weight is 424 g/mol. The van der Waals surface area contributed by atoms with Crippen molar-refractivity contribution in [3.8, 4) is 11.8 Å². The first kappa shape index (κ1) is 20.1. The smallest absolute Gasteiger partial charge is 0.149 e. The molecule has 5 rings (SSSR count). The molecule has 2 aromatic carbocycles. The third kappa shape index (κ3) is 3.68. The molecular formula is C26H25N5O. The Kier molecular flexibility index (Phi) is 5.26. The average Bonchev–Trinajstić information content (AvgIpc) is 3.38. The molecule has 0 saturated carbocycles. The van der Waals surface area contributed by atoms with Crippen LogP contribution in [0.15, 0.2) is 54.6 Å². The SMILES string of the molecule is Cc1cc(/C=C(\C#N)c2nc3ccccc3[nH]2)c(C)n1-c1ccc(N2CCOCC2)cc1. The van der Waals surface area contributed by atoms with Gasteiger partial charge in [-0.3, -0.25) is 0 Å². The molecule has 3 heterocycles. The molecule has 0 bridgehead atoms. The molecule has 1 saturated heterocycles. The van der Waals surface area contributed by atoms with E-state index in [1.807, 2.05) is 30.3 Å². The number of aryl methyl sites for hydroxylation is 1. The Morgan fingerprint density at radius 2 is 1.78 bits per heavy atom. The molecule has 0 radical (unpaired) electrons. The van der Waals surface area contributed by atoms with Gasteiger partial charge in [-0.1, -0.05) is 12.1 Å². The third-order valence-electron chi connectivity index (χ3n) is 6.02. The minimum absolute atomic E-state index is 0.518. The van der Waals surface area contributed by atoms with Crippen molar-refractivity contribution < 1.29 is 4.74 Å². The highest BCUT2D eigenvalue weighted by Crippen LogP contribution is 2.27. The molecule has 0 spiro atoms. The fourth-order valence-corrected chi connectivity index (χ4v) is 4.35. The lowest BCUT2D eigenvalue weighted by atomic mass is 10.1. The monoisotopic (exact) mass is 423 g/mol. The zero-order valence-electron chi connectivity index (χ0n) is 18.3. The number of nitrogens with one attached hydrogen (secondary N) is 1. The van der Waals surface area contributed by atoms with E-state index in [0.717, 1.165) is 60.0 Å². The molecule has 160 valence electrons. The first-order chi connectivity index (χ1) is 15.6. The number of nitrogens with zero attached hydrogens (tertiary/aromatic N) is 4. The van der Waals surface area contributed by atoms with Gasteiger partial charge in [-0.05, 0) is 68.0 Å². The van der Waals surface area contributed by atoms with E-state index in [9.17, 15) is 5.26 Å². The molecule has 6 heteroatoms. The molecule has 0 atom stereocenters. The fraction of sp³-hybridized carbons (Fsp3) is 0.231. The quantitative estimate of drug-likeness (QED) is 0.476. The highest BCUT2D eigenvalue weighted by molar-refractivity contribution is 5.90. The maximum absolute atomic E-state index is 9.81. The van der Waals surface area contributed by atoms with Gasteiger partial charge in [0.15, 0.2) is 0 Å². The van der Waals surface area contributed by atoms with Crippen LogP contribution in [-0.4, -0.2) is 40.8 Å². The van der Waals surface area contributed by atoms with Crippen molar-refractivity contribution in [3.05, 3.63) is 77.4 Å². The Balaban J connectivity index is 1.47. The number of hydrogen-bond acceptors (Lipinski definition) is 4. The van der Waals surface area contributed by atoms with Crippen LogP contribution < -0.4 is 4.90 Å². The number of allylic oxidation sites excluding steroid dienone is 1. The van der Waals surface area contributed by atoms with Crippen molar-refractivity contribution in [1.82, 2.24) is 14.5 Å². The number of para-hydroxylation sites is 2. The Labute approximate surface area is 187 Å². The van der Waals surface area contributed by atoms with Crippen molar-refractivity contribution >= 4 is 28.4 Å². The predicted molar refractivity (Wildman–Crippen MR) is 128 cm³/mol. The second kappa shape index (κ2) is 8.37. The van der Waals surface area contributed by atoms with Gasteiger partial charge in [0.05, 0.1) is 29.8 Å². The van der Waals surface area contributed by atoms with E-state index >= 15 is 0 Å². The lowest BCUT2D eigenvalue weighted by molar-refractivity contribution is 0.122. The second-order valence-corrected chi connectivity index (χ2v) is 8.05. The normalized spacial score (nSPS) is 14.7. The highest BCUT2D eigenvalue weighted by Gasteiger charge is 2.14. The van der Waals surface area contributed by atoms with Crippen molar-refractivity contribution in [2.75, 3.05) is 31.2 Å². The van der Waals surface area contributed by atoms with E-state index in [1.165, 1.54) is 5.69 Å². The lowest BCUT2D eigenvalue weighted by Crippen LogP contribution is -2.36. The summed E-state index contributed by atoms with van der Waals surface area (Å²) in [6.07, 6.45) is 1.92. The van der Waals surface area contributed by atoms with Gasteiger partial charge in [0.2, 0.25) is 0 Å². The number of hydrogen-bond donors (Lipinski definition) is 1. The maximum Gasteiger partial charge on any atom is 0.149 e. The number of aromatic amines is 1. The van der Waals surface area contributed by atoms with E-state index in [1.54, 1.807) is 0 Å². The molecular weight excluding hydrogens is 398 g/mol. The van der Waals surface area contributed by atoms with Gasteiger partial charge >= 0.3 is 0 Å². The fourth-order valence-electron chi connectivity index (χ4n) is 4.35. The number of fused-ring (bicyclic) bond motifs is 1. The van der Waals surface area contributed by atoms with Crippen LogP contribution in [-0.2, 0) is 4.74 Å². The van der Waals surface area contributed by atoms with Crippen LogP contribution in [0.2, 0.25) is 0 Å². The largest absolute Gasteiger partial charge is 0.378 e. The number of benzene rings is 2. The summed E-state index contributed by atoms with van der Waals surface area (Å²) in [7, 11) is 0. The third-order valence-corrected chi connectivity index (χ3v) is 6.02. The Morgan fingerprint density at radius 1 is 1.06 bits per heavy atom. The van der Waals surface area contributed by atoms with Gasteiger partial charge in [0.1, 0.15) is 11.9 Å². The Bertz CT molecular complexity index is 1300. The number of nitriles is 1. The van der Waals surface area contributed by atoms with E-state index in [-0.39, 0.29) is 0 Å². The number of aromatic nitrogens is 3. The maximum atomic E-state index is 9.81. The highest BCUT2D eigenvalue weighted by atomic mass is 16.5. The van der Waals surface area contributed by atoms with Crippen LogP contribution in [0.3, 0.4) is 0 Å². The lowest BCUT2D eigenvalue weighted by Gasteiger charge is -2.29. The number of ether oxygens (including phenoxy) is 1. The van der Waals surface area contributed by atoms with Crippen molar-refractivity contribution in [2.24, 2.45) is 0 Å². The molecule has 32 heavy (non-hydrogen) atoms. The number of morpholine rings is 1. The van der Waals surface area contributed by atoms with E-state index in [4.69, 9.17) is 4.74 Å². The number of H-pyrrole nitrogens is 1. The molecule has 0 aliphatic carbocycles. The number of imidazole rings is 1. The summed E-state index contributed by atoms with van der Waals surface area (Å²) < 4.78 is 7.68. The summed E-state index contributed by atoms with van der Waals surface area (Å²) in [5, 5.41) is 9.81. The van der Waals surface area contributed by atoms with Crippen LogP contribution in [0.1, 0.15) is 22.8 Å². The number of rotatable bonds is 4. The van der Waals surface area contributed by atoms with Gasteiger partial charge in [-0.15, -0.1) is 0 Å². The zero-order valence-corrected chi connectivity index (χ0v) is 18.3. The first-order valence-electron chi connectivity index (χ1n) is 10.8. The zero-order chi connectivity index (χ0) is 22.1. The van der Waals surface area contributed by atoms with Gasteiger partial charge in [-0.25, -0.2) is 4.98 Å². The van der Waals surface area contributed by atoms with E-state index < -0.39 is 0 Å². The summed E-state index contributed by atoms with van der Waals surface area (Å²) in [6, 6.07) is 20.9. The Morgan fingerprint density at radius 3 is 2.50 bits per heavy atom. The van der Waals surface area contributed by atoms with Gasteiger partial charge in [0, 0.05) is 35.9 Å². The van der Waals surface area contributed by atoms with Gasteiger partial charge in [0.25, 0.3) is 0 Å². The minimum atomic E-state index is 0.518. The first-order valence-corrected chi connectivity index (χ1v) is 10.8. The summed E-state index contributed by atoms with van der Waals surface area (Å²) in [5.41, 5.74) is 7.85. The van der Waals surface area contributed by atoms with Crippen molar-refractivity contribution in [2.45, 2.75) is 13.8 Å². The summed E-state index contributed by atoms with van der Waals surface area (Å²) in [5.74, 6) is 0.591. The van der Waals surface area contributed by atoms with Gasteiger partial charge in [-0.2, -0.15) is 5.26 Å². The van der Waals surface area contributed by atoms with Crippen LogP contribution in [0.25, 0.3) is 28.4 Å². The predicted octanol–water partition coefficient (Wildman–Crippen LogP) is 4.87. The molecule has 4 aromatic rings. The summed E-state index contributed by atoms with van der Waals surface area (Å²) in [4.78, 5) is 10.2. The van der Waals surface area contributed by atoms with Crippen LogP contribution in [0, 0.1) is 25.2 Å². The standard InChI is InChI=1S/C26H25N5O/c1-18-15-20(16-21(17-27)26-28-24-5-3-4-6-25(24)29-26)19(2)31(18)23-9-7-22(8-10-23)30-11-13-32-14-12-30/h3-10,15-16H,11-14H2,1-2H3,(H,28,29)/b21-16+. The molecule has 1 aliphatic rings.